The van der Waals surface area contributed by atoms with Crippen LogP contribution in [-0.4, -0.2) is 46.3 Å². The van der Waals surface area contributed by atoms with Gasteiger partial charge in [-0.25, -0.2) is 18.5 Å². The van der Waals surface area contributed by atoms with Gasteiger partial charge in [0.05, 0.1) is 6.42 Å². The van der Waals surface area contributed by atoms with E-state index < -0.39 is 41.2 Å². The van der Waals surface area contributed by atoms with E-state index in [1.54, 1.807) is 29.2 Å². The minimum atomic E-state index is -1.44. The second-order valence-corrected chi connectivity index (χ2v) is 9.23. The number of benzene rings is 3. The van der Waals surface area contributed by atoms with E-state index in [0.29, 0.717) is 17.0 Å². The Morgan fingerprint density at radius 3 is 2.08 bits per heavy atom. The predicted molar refractivity (Wildman–Crippen MR) is 133 cm³/mol. The zero-order valence-electron chi connectivity index (χ0n) is 20.1. The molecule has 0 radical (unpaired) electrons. The lowest BCUT2D eigenvalue weighted by atomic mass is 9.88. The van der Waals surface area contributed by atoms with Gasteiger partial charge in [-0.05, 0) is 36.8 Å². The van der Waals surface area contributed by atoms with Crippen molar-refractivity contribution in [1.82, 2.24) is 9.80 Å². The number of amides is 4. The molecule has 0 spiro atoms. The highest BCUT2D eigenvalue weighted by Gasteiger charge is 2.55. The van der Waals surface area contributed by atoms with E-state index in [0.717, 1.165) is 17.7 Å². The number of halogens is 2. The third-order valence-corrected chi connectivity index (χ3v) is 6.69. The molecule has 4 amide bonds. The van der Waals surface area contributed by atoms with E-state index in [2.05, 4.69) is 11.8 Å². The van der Waals surface area contributed by atoms with Crippen LogP contribution in [0.15, 0.2) is 72.8 Å². The van der Waals surface area contributed by atoms with Crippen LogP contribution >= 0.6 is 0 Å². The number of anilines is 1. The van der Waals surface area contributed by atoms with Crippen LogP contribution in [0, 0.1) is 23.5 Å². The molecule has 2 fully saturated rings. The standard InChI is InChI=1S/C29H23F2N3O3/c1-29-18-25(35)34(26-23(30)16-22(17-24(26)31)13-12-20-8-4-2-5-9-20)28(37)33(29)15-14-32(27(29)36)19-21-10-6-3-7-11-21/h2-11,16-17H,14-15,18-19H2,1H3. The molecular weight excluding hydrogens is 476 g/mol. The SMILES string of the molecule is CC12CC(=O)N(c3c(F)cc(C#Cc4ccccc4)cc3F)C(=O)N1CCN(Cc1ccccc1)C2=O. The van der Waals surface area contributed by atoms with E-state index in [4.69, 9.17) is 0 Å². The summed E-state index contributed by atoms with van der Waals surface area (Å²) >= 11 is 0. The smallest absolute Gasteiger partial charge is 0.332 e. The summed E-state index contributed by atoms with van der Waals surface area (Å²) in [5.74, 6) is 2.12. The van der Waals surface area contributed by atoms with Crippen LogP contribution in [0.3, 0.4) is 0 Å². The van der Waals surface area contributed by atoms with Crippen LogP contribution in [-0.2, 0) is 16.1 Å². The first kappa shape index (κ1) is 24.2. The average molecular weight is 500 g/mol. The maximum absolute atomic E-state index is 15.1. The highest BCUT2D eigenvalue weighted by atomic mass is 19.1. The van der Waals surface area contributed by atoms with Gasteiger partial charge in [0.2, 0.25) is 11.8 Å². The number of carbonyl (C=O) groups is 3. The van der Waals surface area contributed by atoms with Gasteiger partial charge >= 0.3 is 6.03 Å². The molecule has 3 aromatic rings. The number of hydrogen-bond donors (Lipinski definition) is 0. The van der Waals surface area contributed by atoms with Crippen molar-refractivity contribution in [2.45, 2.75) is 25.4 Å². The topological polar surface area (TPSA) is 60.9 Å². The molecule has 0 N–H and O–H groups in total. The number of imide groups is 1. The normalized spacial score (nSPS) is 19.4. The maximum atomic E-state index is 15.1. The van der Waals surface area contributed by atoms with Gasteiger partial charge in [0.1, 0.15) is 11.2 Å². The number of nitrogens with zero attached hydrogens (tertiary/aromatic N) is 3. The van der Waals surface area contributed by atoms with Gasteiger partial charge in [-0.1, -0.05) is 60.4 Å². The Bertz CT molecular complexity index is 1430. The van der Waals surface area contributed by atoms with Crippen LogP contribution in [0.2, 0.25) is 0 Å². The zero-order chi connectivity index (χ0) is 26.2. The first-order chi connectivity index (χ1) is 17.8. The highest BCUT2D eigenvalue weighted by Crippen LogP contribution is 2.37. The maximum Gasteiger partial charge on any atom is 0.332 e. The van der Waals surface area contributed by atoms with Crippen molar-refractivity contribution >= 4 is 23.5 Å². The molecular formula is C29H23F2N3O3. The average Bonchev–Trinajstić information content (AvgIpc) is 2.88. The Hall–Kier alpha value is -4.51. The fourth-order valence-corrected chi connectivity index (χ4v) is 4.80. The van der Waals surface area contributed by atoms with Gasteiger partial charge in [0, 0.05) is 30.8 Å². The summed E-state index contributed by atoms with van der Waals surface area (Å²) < 4.78 is 30.2. The van der Waals surface area contributed by atoms with Crippen molar-refractivity contribution in [3.63, 3.8) is 0 Å². The third kappa shape index (κ3) is 4.45. The molecule has 0 aromatic heterocycles. The lowest BCUT2D eigenvalue weighted by Crippen LogP contribution is -2.72. The minimum Gasteiger partial charge on any atom is -0.335 e. The fraction of sp³-hybridized carbons (Fsp3) is 0.207. The third-order valence-electron chi connectivity index (χ3n) is 6.69. The van der Waals surface area contributed by atoms with E-state index in [-0.39, 0.29) is 24.6 Å². The molecule has 0 bridgehead atoms. The van der Waals surface area contributed by atoms with Crippen LogP contribution in [0.5, 0.6) is 0 Å². The molecule has 6 nitrogen and oxygen atoms in total. The van der Waals surface area contributed by atoms with E-state index >= 15 is 8.78 Å². The Balaban J connectivity index is 1.41. The number of piperazine rings is 1. The Labute approximate surface area is 213 Å². The molecule has 2 aliphatic rings. The van der Waals surface area contributed by atoms with Crippen LogP contribution < -0.4 is 4.90 Å². The van der Waals surface area contributed by atoms with Crippen molar-refractivity contribution in [2.75, 3.05) is 18.0 Å². The van der Waals surface area contributed by atoms with Gasteiger partial charge in [-0.3, -0.25) is 9.59 Å². The fourth-order valence-electron chi connectivity index (χ4n) is 4.80. The summed E-state index contributed by atoms with van der Waals surface area (Å²) in [5.41, 5.74) is -0.548. The zero-order valence-corrected chi connectivity index (χ0v) is 20.1. The summed E-state index contributed by atoms with van der Waals surface area (Å²) in [6, 6.07) is 19.4. The van der Waals surface area contributed by atoms with Crippen molar-refractivity contribution in [2.24, 2.45) is 0 Å². The van der Waals surface area contributed by atoms with Gasteiger partial charge in [0.25, 0.3) is 0 Å². The predicted octanol–water partition coefficient (Wildman–Crippen LogP) is 4.32. The quantitative estimate of drug-likeness (QED) is 0.505. The number of carbonyl (C=O) groups excluding carboxylic acids is 3. The molecule has 8 heteroatoms. The lowest BCUT2D eigenvalue weighted by Gasteiger charge is -2.51. The monoisotopic (exact) mass is 499 g/mol. The van der Waals surface area contributed by atoms with E-state index in [1.807, 2.05) is 36.4 Å². The molecule has 2 saturated heterocycles. The van der Waals surface area contributed by atoms with Gasteiger partial charge in [-0.15, -0.1) is 0 Å². The molecule has 1 unspecified atom stereocenters. The van der Waals surface area contributed by atoms with Gasteiger partial charge in [-0.2, -0.15) is 0 Å². The summed E-state index contributed by atoms with van der Waals surface area (Å²) in [4.78, 5) is 43.2. The second kappa shape index (κ2) is 9.51. The Morgan fingerprint density at radius 1 is 0.838 bits per heavy atom. The number of urea groups is 1. The lowest BCUT2D eigenvalue weighted by molar-refractivity contribution is -0.152. The molecule has 37 heavy (non-hydrogen) atoms. The summed E-state index contributed by atoms with van der Waals surface area (Å²) in [7, 11) is 0. The first-order valence-electron chi connectivity index (χ1n) is 11.8. The second-order valence-electron chi connectivity index (χ2n) is 9.23. The molecule has 1 atom stereocenters. The van der Waals surface area contributed by atoms with Crippen molar-refractivity contribution in [3.8, 4) is 11.8 Å². The van der Waals surface area contributed by atoms with Gasteiger partial charge < -0.3 is 9.80 Å². The number of fused-ring (bicyclic) bond motifs is 1. The summed E-state index contributed by atoms with van der Waals surface area (Å²) in [6.07, 6.45) is -0.392. The Kier molecular flexibility index (Phi) is 6.22. The first-order valence-corrected chi connectivity index (χ1v) is 11.8. The largest absolute Gasteiger partial charge is 0.335 e. The van der Waals surface area contributed by atoms with Crippen molar-refractivity contribution < 1.29 is 23.2 Å². The number of rotatable bonds is 3. The van der Waals surface area contributed by atoms with Crippen molar-refractivity contribution in [3.05, 3.63) is 101 Å². The Morgan fingerprint density at radius 2 is 1.43 bits per heavy atom. The van der Waals surface area contributed by atoms with E-state index in [1.165, 1.54) is 11.8 Å². The minimum absolute atomic E-state index is 0.0639. The molecule has 0 aliphatic carbocycles. The molecule has 3 aromatic carbocycles. The molecule has 0 saturated carbocycles. The summed E-state index contributed by atoms with van der Waals surface area (Å²) in [6.45, 7) is 2.22. The van der Waals surface area contributed by atoms with E-state index in [9.17, 15) is 14.4 Å². The molecule has 5 rings (SSSR count). The molecule has 2 aliphatic heterocycles. The van der Waals surface area contributed by atoms with Crippen LogP contribution in [0.25, 0.3) is 0 Å². The highest BCUT2D eigenvalue weighted by molar-refractivity contribution is 6.19. The van der Waals surface area contributed by atoms with Crippen LogP contribution in [0.1, 0.15) is 30.0 Å². The van der Waals surface area contributed by atoms with Gasteiger partial charge in [0.15, 0.2) is 11.6 Å². The molecule has 186 valence electrons. The summed E-state index contributed by atoms with van der Waals surface area (Å²) in [5, 5.41) is 0. The molecule has 2 heterocycles. The number of hydrogen-bond acceptors (Lipinski definition) is 3. The van der Waals surface area contributed by atoms with Crippen molar-refractivity contribution in [1.29, 1.82) is 0 Å². The van der Waals surface area contributed by atoms with Crippen LogP contribution in [0.4, 0.5) is 19.3 Å².